The van der Waals surface area contributed by atoms with Crippen molar-refractivity contribution in [3.63, 3.8) is 0 Å². The average Bonchev–Trinajstić information content (AvgIpc) is 3.11. The molecule has 1 aromatic carbocycles. The second-order valence-electron chi connectivity index (χ2n) is 4.81. The van der Waals surface area contributed by atoms with Crippen molar-refractivity contribution in [3.05, 3.63) is 60.7 Å². The molecule has 0 saturated carbocycles. The molecular weight excluding hydrogens is 387 g/mol. The lowest BCUT2D eigenvalue weighted by molar-refractivity contribution is 0.291. The fourth-order valence-corrected chi connectivity index (χ4v) is 3.41. The van der Waals surface area contributed by atoms with E-state index in [-0.39, 0.29) is 6.61 Å². The molecule has 0 unspecified atom stereocenters. The van der Waals surface area contributed by atoms with E-state index in [1.54, 1.807) is 35.8 Å². The Bertz CT molecular complexity index is 925. The number of ether oxygens (including phenoxy) is 1. The minimum absolute atomic E-state index is 0.122. The first-order chi connectivity index (χ1) is 11.6. The third kappa shape index (κ3) is 3.70. The molecule has 0 bridgehead atoms. The Hall–Kier alpha value is -1.67. The molecule has 2 aromatic heterocycles. The smallest absolute Gasteiger partial charge is 0.216 e. The van der Waals surface area contributed by atoms with Crippen LogP contribution in [-0.4, -0.2) is 21.1 Å². The first-order valence-corrected chi connectivity index (χ1v) is 8.92. The number of nitrogens with zero attached hydrogens (tertiary/aromatic N) is 3. The molecule has 0 aliphatic carbocycles. The third-order valence-corrected chi connectivity index (χ3v) is 4.99. The summed E-state index contributed by atoms with van der Waals surface area (Å²) in [4.78, 5) is 1.05. The predicted octanol–water partition coefficient (Wildman–Crippen LogP) is 5.08. The van der Waals surface area contributed by atoms with Gasteiger partial charge in [-0.1, -0.05) is 29.3 Å². The monoisotopic (exact) mass is 398 g/mol. The third-order valence-electron chi connectivity index (χ3n) is 3.17. The lowest BCUT2D eigenvalue weighted by Crippen LogP contribution is -2.04. The van der Waals surface area contributed by atoms with Gasteiger partial charge in [-0.2, -0.15) is 14.9 Å². The maximum atomic E-state index is 6.09. The van der Waals surface area contributed by atoms with Crippen LogP contribution in [0.3, 0.4) is 0 Å². The van der Waals surface area contributed by atoms with E-state index in [1.165, 1.54) is 4.68 Å². The SMILES string of the molecule is Cc1ccsc1/C=N\n1c(COc2c(Cl)cccc2Cl)n[nH]c1=S. The molecule has 124 valence electrons. The van der Waals surface area contributed by atoms with Crippen LogP contribution in [0, 0.1) is 11.7 Å². The molecule has 2 heterocycles. The minimum atomic E-state index is 0.122. The lowest BCUT2D eigenvalue weighted by Gasteiger charge is -2.08. The zero-order chi connectivity index (χ0) is 17.1. The maximum Gasteiger partial charge on any atom is 0.216 e. The summed E-state index contributed by atoms with van der Waals surface area (Å²) in [7, 11) is 0. The molecule has 24 heavy (non-hydrogen) atoms. The van der Waals surface area contributed by atoms with Crippen molar-refractivity contribution in [1.29, 1.82) is 0 Å². The number of hydrogen-bond acceptors (Lipinski definition) is 5. The first kappa shape index (κ1) is 17.2. The molecule has 1 N–H and O–H groups in total. The molecular formula is C15H12Cl2N4OS2. The van der Waals surface area contributed by atoms with E-state index in [9.17, 15) is 0 Å². The van der Waals surface area contributed by atoms with E-state index < -0.39 is 0 Å². The molecule has 3 aromatic rings. The standard InChI is InChI=1S/C15H12Cl2N4OS2/c1-9-5-6-24-12(9)7-18-21-13(19-20-15(21)23)8-22-14-10(16)3-2-4-11(14)17/h2-7H,8H2,1H3,(H,20,23)/b18-7-. The van der Waals surface area contributed by atoms with E-state index in [2.05, 4.69) is 15.3 Å². The highest BCUT2D eigenvalue weighted by molar-refractivity contribution is 7.71. The van der Waals surface area contributed by atoms with Crippen molar-refractivity contribution in [2.75, 3.05) is 0 Å². The maximum absolute atomic E-state index is 6.09. The van der Waals surface area contributed by atoms with Crippen LogP contribution < -0.4 is 4.74 Å². The minimum Gasteiger partial charge on any atom is -0.482 e. The fourth-order valence-electron chi connectivity index (χ4n) is 1.92. The molecule has 0 saturated heterocycles. The van der Waals surface area contributed by atoms with Crippen LogP contribution in [0.5, 0.6) is 5.75 Å². The Morgan fingerprint density at radius 1 is 1.38 bits per heavy atom. The van der Waals surface area contributed by atoms with Gasteiger partial charge in [0.2, 0.25) is 4.77 Å². The summed E-state index contributed by atoms with van der Waals surface area (Å²) < 4.78 is 7.58. The molecule has 0 aliphatic rings. The van der Waals surface area contributed by atoms with Crippen molar-refractivity contribution in [1.82, 2.24) is 14.9 Å². The summed E-state index contributed by atoms with van der Waals surface area (Å²) >= 11 is 19.0. The van der Waals surface area contributed by atoms with Gasteiger partial charge in [-0.25, -0.2) is 5.10 Å². The Balaban J connectivity index is 1.82. The van der Waals surface area contributed by atoms with Gasteiger partial charge < -0.3 is 4.74 Å². The fraction of sp³-hybridized carbons (Fsp3) is 0.133. The summed E-state index contributed by atoms with van der Waals surface area (Å²) in [6, 6.07) is 7.19. The highest BCUT2D eigenvalue weighted by Crippen LogP contribution is 2.32. The Labute approximate surface area is 157 Å². The second-order valence-corrected chi connectivity index (χ2v) is 6.96. The van der Waals surface area contributed by atoms with Crippen LogP contribution in [0.4, 0.5) is 0 Å². The number of nitrogens with one attached hydrogen (secondary N) is 1. The van der Waals surface area contributed by atoms with Gasteiger partial charge in [0.05, 0.1) is 21.1 Å². The van der Waals surface area contributed by atoms with E-state index in [1.807, 2.05) is 18.4 Å². The number of hydrogen-bond donors (Lipinski definition) is 1. The Morgan fingerprint density at radius 2 is 2.12 bits per heavy atom. The molecule has 0 fully saturated rings. The summed E-state index contributed by atoms with van der Waals surface area (Å²) in [5.41, 5.74) is 1.15. The number of benzene rings is 1. The van der Waals surface area contributed by atoms with Crippen LogP contribution in [-0.2, 0) is 6.61 Å². The van der Waals surface area contributed by atoms with Crippen molar-refractivity contribution < 1.29 is 4.74 Å². The van der Waals surface area contributed by atoms with Crippen LogP contribution in [0.25, 0.3) is 0 Å². The molecule has 0 amide bonds. The summed E-state index contributed by atoms with van der Waals surface area (Å²) in [5.74, 6) is 0.917. The zero-order valence-corrected chi connectivity index (χ0v) is 15.6. The van der Waals surface area contributed by atoms with Crippen LogP contribution in [0.2, 0.25) is 10.0 Å². The van der Waals surface area contributed by atoms with Gasteiger partial charge >= 0.3 is 0 Å². The van der Waals surface area contributed by atoms with Crippen LogP contribution >= 0.6 is 46.8 Å². The second kappa shape index (κ2) is 7.48. The molecule has 9 heteroatoms. The lowest BCUT2D eigenvalue weighted by atomic mass is 10.3. The average molecular weight is 399 g/mol. The molecule has 5 nitrogen and oxygen atoms in total. The quantitative estimate of drug-likeness (QED) is 0.481. The molecule has 0 aliphatic heterocycles. The highest BCUT2D eigenvalue weighted by Gasteiger charge is 2.11. The zero-order valence-electron chi connectivity index (χ0n) is 12.5. The van der Waals surface area contributed by atoms with Crippen LogP contribution in [0.1, 0.15) is 16.3 Å². The number of halogens is 2. The van der Waals surface area contributed by atoms with Crippen molar-refractivity contribution in [2.45, 2.75) is 13.5 Å². The summed E-state index contributed by atoms with van der Waals surface area (Å²) in [6.45, 7) is 2.15. The normalized spacial score (nSPS) is 11.3. The largest absolute Gasteiger partial charge is 0.482 e. The van der Waals surface area contributed by atoms with Crippen molar-refractivity contribution >= 4 is 53.0 Å². The topological polar surface area (TPSA) is 55.2 Å². The molecule has 0 atom stereocenters. The summed E-state index contributed by atoms with van der Waals surface area (Å²) in [5, 5.41) is 14.1. The molecule has 0 spiro atoms. The highest BCUT2D eigenvalue weighted by atomic mass is 35.5. The summed E-state index contributed by atoms with van der Waals surface area (Å²) in [6.07, 6.45) is 1.75. The van der Waals surface area contributed by atoms with E-state index in [0.717, 1.165) is 10.4 Å². The van der Waals surface area contributed by atoms with Gasteiger partial charge in [-0.3, -0.25) is 0 Å². The molecule has 3 rings (SSSR count). The number of para-hydroxylation sites is 1. The Kier molecular flexibility index (Phi) is 5.35. The van der Waals surface area contributed by atoms with Gasteiger partial charge in [0.25, 0.3) is 0 Å². The van der Waals surface area contributed by atoms with Gasteiger partial charge in [0.15, 0.2) is 11.6 Å². The van der Waals surface area contributed by atoms with Crippen molar-refractivity contribution in [2.24, 2.45) is 5.10 Å². The van der Waals surface area contributed by atoms with E-state index in [4.69, 9.17) is 40.2 Å². The van der Waals surface area contributed by atoms with E-state index >= 15 is 0 Å². The number of aryl methyl sites for hydroxylation is 1. The first-order valence-electron chi connectivity index (χ1n) is 6.88. The number of H-pyrrole nitrogens is 1. The number of aromatic nitrogens is 3. The van der Waals surface area contributed by atoms with Gasteiger partial charge in [-0.15, -0.1) is 11.3 Å². The van der Waals surface area contributed by atoms with Gasteiger partial charge in [-0.05, 0) is 48.3 Å². The van der Waals surface area contributed by atoms with Gasteiger partial charge in [0, 0.05) is 0 Å². The molecule has 0 radical (unpaired) electrons. The van der Waals surface area contributed by atoms with Crippen molar-refractivity contribution in [3.8, 4) is 5.75 Å². The number of rotatable bonds is 5. The number of aromatic amines is 1. The predicted molar refractivity (Wildman–Crippen MR) is 100 cm³/mol. The van der Waals surface area contributed by atoms with E-state index in [0.29, 0.717) is 26.4 Å². The Morgan fingerprint density at radius 3 is 2.79 bits per heavy atom. The number of thiophene rings is 1. The van der Waals surface area contributed by atoms with Crippen LogP contribution in [0.15, 0.2) is 34.7 Å². The van der Waals surface area contributed by atoms with Gasteiger partial charge in [0.1, 0.15) is 6.61 Å².